The van der Waals surface area contributed by atoms with Crippen LogP contribution >= 0.6 is 0 Å². The number of rotatable bonds is 5. The standard InChI is InChI=1S/C16H20FN2O.C2H6.H2/c1-18-14-3-2-4-15(16(14)17)20-10-9-19-7-5-12-11-13(12)6-8-19;1-2;/h2-4,11,18H,5-10H2,1H3;1-2H3;1H. The van der Waals surface area contributed by atoms with Gasteiger partial charge in [-0.3, -0.25) is 4.90 Å². The summed E-state index contributed by atoms with van der Waals surface area (Å²) in [5, 5.41) is 2.82. The van der Waals surface area contributed by atoms with E-state index in [-0.39, 0.29) is 7.24 Å². The lowest BCUT2D eigenvalue weighted by Crippen LogP contribution is -2.30. The van der Waals surface area contributed by atoms with Crippen LogP contribution in [-0.4, -0.2) is 38.2 Å². The molecule has 0 atom stereocenters. The van der Waals surface area contributed by atoms with E-state index in [0.29, 0.717) is 18.0 Å². The maximum atomic E-state index is 13.9. The summed E-state index contributed by atoms with van der Waals surface area (Å²) in [4.78, 5) is 2.39. The maximum Gasteiger partial charge on any atom is 0.188 e. The minimum atomic E-state index is -0.312. The van der Waals surface area contributed by atoms with E-state index in [4.69, 9.17) is 4.74 Å². The van der Waals surface area contributed by atoms with E-state index in [1.54, 1.807) is 36.4 Å². The Morgan fingerprint density at radius 3 is 2.55 bits per heavy atom. The van der Waals surface area contributed by atoms with Crippen molar-refractivity contribution in [3.63, 3.8) is 0 Å². The SMILES string of the molecule is CC.CNc1cccc(OCCN2CCC3=C([CH]3)CC2)c1F.[HH]. The average Bonchev–Trinajstić information content (AvgIpc) is 3.32. The second kappa shape index (κ2) is 8.18. The highest BCUT2D eigenvalue weighted by atomic mass is 19.1. The van der Waals surface area contributed by atoms with Gasteiger partial charge in [0.15, 0.2) is 11.6 Å². The fourth-order valence-corrected chi connectivity index (χ4v) is 2.63. The molecule has 0 aromatic heterocycles. The number of nitrogens with one attached hydrogen (secondary N) is 1. The van der Waals surface area contributed by atoms with Gasteiger partial charge in [0.05, 0.1) is 5.69 Å². The van der Waals surface area contributed by atoms with Crippen molar-refractivity contribution in [2.75, 3.05) is 38.6 Å². The minimum Gasteiger partial charge on any atom is -0.489 e. The zero-order valence-electron chi connectivity index (χ0n) is 13.8. The Balaban J connectivity index is 0.000000849. The molecule has 1 aliphatic heterocycles. The molecule has 0 fully saturated rings. The zero-order chi connectivity index (χ0) is 15.9. The molecule has 3 nitrogen and oxygen atoms in total. The van der Waals surface area contributed by atoms with E-state index in [0.717, 1.165) is 32.5 Å². The first-order valence-electron chi connectivity index (χ1n) is 8.16. The lowest BCUT2D eigenvalue weighted by Gasteiger charge is -2.21. The van der Waals surface area contributed by atoms with E-state index in [1.807, 2.05) is 13.8 Å². The highest BCUT2D eigenvalue weighted by Crippen LogP contribution is 2.37. The van der Waals surface area contributed by atoms with Crippen LogP contribution in [0.4, 0.5) is 10.1 Å². The first kappa shape index (κ1) is 16.8. The molecule has 22 heavy (non-hydrogen) atoms. The minimum absolute atomic E-state index is 0. The van der Waals surface area contributed by atoms with Gasteiger partial charge in [-0.25, -0.2) is 4.39 Å². The molecular weight excluding hydrogens is 279 g/mol. The third kappa shape index (κ3) is 4.23. The zero-order valence-corrected chi connectivity index (χ0v) is 13.8. The molecule has 0 unspecified atom stereocenters. The number of hydrogen-bond donors (Lipinski definition) is 1. The van der Waals surface area contributed by atoms with Gasteiger partial charge in [-0.2, -0.15) is 0 Å². The lowest BCUT2D eigenvalue weighted by molar-refractivity contribution is 0.209. The molecule has 1 aromatic rings. The van der Waals surface area contributed by atoms with Crippen molar-refractivity contribution in [3.05, 3.63) is 41.6 Å². The summed E-state index contributed by atoms with van der Waals surface area (Å²) in [6, 6.07) is 5.18. The number of ether oxygens (including phenoxy) is 1. The van der Waals surface area contributed by atoms with Crippen molar-refractivity contribution in [2.45, 2.75) is 26.7 Å². The molecule has 123 valence electrons. The highest BCUT2D eigenvalue weighted by molar-refractivity contribution is 5.51. The van der Waals surface area contributed by atoms with Gasteiger partial charge in [0.25, 0.3) is 0 Å². The highest BCUT2D eigenvalue weighted by Gasteiger charge is 2.25. The fourth-order valence-electron chi connectivity index (χ4n) is 2.63. The number of benzene rings is 1. The summed E-state index contributed by atoms with van der Waals surface area (Å²) in [7, 11) is 1.71. The molecule has 0 bridgehead atoms. The van der Waals surface area contributed by atoms with Crippen LogP contribution in [0.2, 0.25) is 0 Å². The van der Waals surface area contributed by atoms with Crippen LogP contribution in [-0.2, 0) is 0 Å². The maximum absolute atomic E-state index is 13.9. The third-order valence-corrected chi connectivity index (χ3v) is 3.97. The Morgan fingerprint density at radius 1 is 1.23 bits per heavy atom. The van der Waals surface area contributed by atoms with Gasteiger partial charge in [0.2, 0.25) is 0 Å². The monoisotopic (exact) mass is 307 g/mol. The van der Waals surface area contributed by atoms with E-state index >= 15 is 0 Å². The molecule has 3 rings (SSSR count). The van der Waals surface area contributed by atoms with Crippen molar-refractivity contribution in [2.24, 2.45) is 0 Å². The number of nitrogens with zero attached hydrogens (tertiary/aromatic N) is 1. The second-order valence-electron chi connectivity index (χ2n) is 5.25. The predicted molar refractivity (Wildman–Crippen MR) is 91.9 cm³/mol. The molecule has 0 amide bonds. The van der Waals surface area contributed by atoms with Crippen LogP contribution in [0.15, 0.2) is 29.3 Å². The summed E-state index contributed by atoms with van der Waals surface area (Å²) in [6.07, 6.45) is 4.60. The van der Waals surface area contributed by atoms with Gasteiger partial charge in [0, 0.05) is 34.5 Å². The van der Waals surface area contributed by atoms with E-state index in [1.165, 1.54) is 0 Å². The largest absolute Gasteiger partial charge is 0.489 e. The molecule has 1 heterocycles. The van der Waals surface area contributed by atoms with Crippen molar-refractivity contribution >= 4 is 5.69 Å². The van der Waals surface area contributed by atoms with Crippen LogP contribution in [0, 0.1) is 12.2 Å². The van der Waals surface area contributed by atoms with Gasteiger partial charge >= 0.3 is 0 Å². The molecule has 0 saturated heterocycles. The molecule has 0 spiro atoms. The quantitative estimate of drug-likeness (QED) is 0.885. The summed E-state index contributed by atoms with van der Waals surface area (Å²) < 4.78 is 19.5. The van der Waals surface area contributed by atoms with Crippen molar-refractivity contribution in [1.82, 2.24) is 4.90 Å². The lowest BCUT2D eigenvalue weighted by atomic mass is 10.3. The van der Waals surface area contributed by atoms with Crippen LogP contribution in [0.1, 0.15) is 28.1 Å². The molecule has 0 saturated carbocycles. The van der Waals surface area contributed by atoms with Crippen LogP contribution in [0.25, 0.3) is 0 Å². The van der Waals surface area contributed by atoms with Gasteiger partial charge in [-0.15, -0.1) is 0 Å². The molecule has 1 N–H and O–H groups in total. The summed E-state index contributed by atoms with van der Waals surface area (Å²) >= 11 is 0. The summed E-state index contributed by atoms with van der Waals surface area (Å²) in [5.74, 6) is 0.0134. The van der Waals surface area contributed by atoms with Gasteiger partial charge < -0.3 is 10.1 Å². The first-order valence-corrected chi connectivity index (χ1v) is 8.16. The van der Waals surface area contributed by atoms with Crippen molar-refractivity contribution < 1.29 is 10.6 Å². The first-order chi connectivity index (χ1) is 10.8. The van der Waals surface area contributed by atoms with Crippen LogP contribution in [0.3, 0.4) is 0 Å². The average molecular weight is 307 g/mol. The van der Waals surface area contributed by atoms with Crippen LogP contribution in [0.5, 0.6) is 5.75 Å². The third-order valence-electron chi connectivity index (χ3n) is 3.97. The number of hydrogen-bond acceptors (Lipinski definition) is 3. The van der Waals surface area contributed by atoms with Crippen LogP contribution < -0.4 is 10.1 Å². The fraction of sp³-hybridized carbons (Fsp3) is 0.500. The Labute approximate surface area is 134 Å². The van der Waals surface area contributed by atoms with E-state index < -0.39 is 0 Å². The molecule has 1 radical (unpaired) electrons. The number of likely N-dealkylation sites (tertiary alicyclic amines) is 1. The normalized spacial score (nSPS) is 17.1. The van der Waals surface area contributed by atoms with Crippen molar-refractivity contribution in [3.8, 4) is 5.75 Å². The molecule has 1 aliphatic carbocycles. The van der Waals surface area contributed by atoms with Gasteiger partial charge in [0.1, 0.15) is 6.61 Å². The molecule has 4 heteroatoms. The Hall–Kier alpha value is -1.55. The second-order valence-corrected chi connectivity index (χ2v) is 5.25. The Bertz CT molecular complexity index is 518. The van der Waals surface area contributed by atoms with Gasteiger partial charge in [-0.1, -0.05) is 31.1 Å². The Morgan fingerprint density at radius 2 is 1.91 bits per heavy atom. The number of anilines is 1. The number of halogens is 1. The predicted octanol–water partition coefficient (Wildman–Crippen LogP) is 4.13. The van der Waals surface area contributed by atoms with Gasteiger partial charge in [-0.05, 0) is 25.0 Å². The molecule has 2 aliphatic rings. The summed E-state index contributed by atoms with van der Waals surface area (Å²) in [5.41, 5.74) is 3.56. The molecular formula is C18H28FN2O. The topological polar surface area (TPSA) is 24.5 Å². The van der Waals surface area contributed by atoms with E-state index in [9.17, 15) is 4.39 Å². The smallest absolute Gasteiger partial charge is 0.188 e. The molecule has 1 aromatic carbocycles. The van der Waals surface area contributed by atoms with Crippen molar-refractivity contribution in [1.29, 1.82) is 0 Å². The summed E-state index contributed by atoms with van der Waals surface area (Å²) in [6.45, 7) is 7.54. The van der Waals surface area contributed by atoms with E-state index in [2.05, 4.69) is 16.6 Å². The Kier molecular flexibility index (Phi) is 6.25.